The number of aromatic amines is 1. The molecule has 2 aromatic rings. The summed E-state index contributed by atoms with van der Waals surface area (Å²) in [4.78, 5) is 6.61. The normalized spacial score (nSPS) is 8.56. The maximum atomic E-state index is 8.82. The Kier molecular flexibility index (Phi) is 3.34. The average molecular weight is 201 g/mol. The number of hydrogen-bond acceptors (Lipinski definition) is 4. The van der Waals surface area contributed by atoms with E-state index in [1.165, 1.54) is 12.1 Å². The summed E-state index contributed by atoms with van der Waals surface area (Å²) < 4.78 is 0. The van der Waals surface area contributed by atoms with Gasteiger partial charge in [-0.2, -0.15) is 15.8 Å². The Balaban J connectivity index is 0.00000128. The number of imidazole rings is 1. The molecule has 0 bridgehead atoms. The van der Waals surface area contributed by atoms with Gasteiger partial charge < -0.3 is 6.41 Å². The summed E-state index contributed by atoms with van der Waals surface area (Å²) in [6.45, 7) is 0. The minimum absolute atomic E-state index is 0. The third kappa shape index (κ3) is 1.65. The molecule has 0 atom stereocenters. The fourth-order valence-electron chi connectivity index (χ4n) is 1.33. The molecular weight excluding hydrogens is 197 g/mol. The molecular formula is C10H4LiN5. The summed E-state index contributed by atoms with van der Waals surface area (Å²) in [5.74, 6) is 0.101. The Hall–Kier alpha value is -2.24. The molecule has 0 aliphatic heterocycles. The maximum Gasteiger partial charge on any atom is 1.00 e. The Labute approximate surface area is 105 Å². The van der Waals surface area contributed by atoms with Gasteiger partial charge in [-0.1, -0.05) is 0 Å². The van der Waals surface area contributed by atoms with E-state index in [0.29, 0.717) is 22.2 Å². The molecule has 0 amide bonds. The van der Waals surface area contributed by atoms with Crippen molar-refractivity contribution in [2.24, 2.45) is 0 Å². The van der Waals surface area contributed by atoms with Crippen molar-refractivity contribution in [2.75, 3.05) is 0 Å². The van der Waals surface area contributed by atoms with E-state index in [-0.39, 0.29) is 26.1 Å². The van der Waals surface area contributed by atoms with Gasteiger partial charge in [-0.25, -0.2) is 4.98 Å². The number of H-pyrrole nitrogens is 1. The molecule has 0 aliphatic carbocycles. The zero-order valence-electron chi connectivity index (χ0n) is 9.44. The number of fused-ring (bicyclic) bond motifs is 1. The number of nitriles is 3. The number of hydrogen-bond donors (Lipinski definition) is 1. The van der Waals surface area contributed by atoms with Crippen LogP contribution in [0.15, 0.2) is 12.1 Å². The molecule has 6 heteroatoms. The summed E-state index contributed by atoms with van der Waals surface area (Å²) in [7, 11) is 0. The number of nitrogens with one attached hydrogen (secondary N) is 1. The van der Waals surface area contributed by atoms with Crippen LogP contribution in [0.4, 0.5) is 0 Å². The van der Waals surface area contributed by atoms with Crippen molar-refractivity contribution < 1.29 is 20.3 Å². The Morgan fingerprint density at radius 3 is 2.25 bits per heavy atom. The van der Waals surface area contributed by atoms with Crippen molar-refractivity contribution in [2.45, 2.75) is 0 Å². The Morgan fingerprint density at radius 2 is 1.69 bits per heavy atom. The molecule has 16 heavy (non-hydrogen) atoms. The molecule has 2 rings (SSSR count). The van der Waals surface area contributed by atoms with E-state index in [1.54, 1.807) is 0 Å². The van der Waals surface area contributed by atoms with Crippen molar-refractivity contribution in [3.63, 3.8) is 0 Å². The average Bonchev–Trinajstić information content (AvgIpc) is 2.71. The zero-order valence-corrected chi connectivity index (χ0v) is 8.44. The van der Waals surface area contributed by atoms with Crippen molar-refractivity contribution in [3.8, 4) is 18.2 Å². The van der Waals surface area contributed by atoms with Crippen LogP contribution in [0.2, 0.25) is 0 Å². The molecule has 0 saturated heterocycles. The fraction of sp³-hybridized carbons (Fsp3) is 0. The largest absolute Gasteiger partial charge is 1.00 e. The topological polar surface area (TPSA) is 100 Å². The molecule has 1 N–H and O–H groups in total. The van der Waals surface area contributed by atoms with Crippen LogP contribution in [-0.2, 0) is 0 Å². The van der Waals surface area contributed by atoms with Crippen LogP contribution < -0.4 is 18.9 Å². The summed E-state index contributed by atoms with van der Waals surface area (Å²) in [5.41, 5.74) is 1.53. The Morgan fingerprint density at radius 1 is 1.06 bits per heavy atom. The third-order valence-corrected chi connectivity index (χ3v) is 1.99. The van der Waals surface area contributed by atoms with Gasteiger partial charge in [0.15, 0.2) is 0 Å². The molecule has 0 fully saturated rings. The predicted molar refractivity (Wildman–Crippen MR) is 51.4 cm³/mol. The molecule has 0 radical (unpaired) electrons. The second-order valence-corrected chi connectivity index (χ2v) is 2.81. The van der Waals surface area contributed by atoms with E-state index in [9.17, 15) is 0 Å². The minimum atomic E-state index is 0. The van der Waals surface area contributed by atoms with E-state index >= 15 is 0 Å². The van der Waals surface area contributed by atoms with E-state index in [2.05, 4.69) is 9.97 Å². The van der Waals surface area contributed by atoms with Crippen LogP contribution in [0.5, 0.6) is 0 Å². The SMILES string of the molecule is N#Cc1nc2c(C#N)ccc(C#N)c2[nH]1.[H-].[Li+]. The first-order valence-corrected chi connectivity index (χ1v) is 4.03. The summed E-state index contributed by atoms with van der Waals surface area (Å²) in [6, 6.07) is 8.80. The first kappa shape index (κ1) is 11.8. The van der Waals surface area contributed by atoms with Crippen LogP contribution >= 0.6 is 0 Å². The first-order chi connectivity index (χ1) is 7.30. The summed E-state index contributed by atoms with van der Waals surface area (Å²) in [5, 5.41) is 26.3. The van der Waals surface area contributed by atoms with Gasteiger partial charge in [0.05, 0.1) is 16.6 Å². The van der Waals surface area contributed by atoms with Crippen molar-refractivity contribution in [1.29, 1.82) is 15.8 Å². The van der Waals surface area contributed by atoms with Crippen molar-refractivity contribution in [3.05, 3.63) is 29.1 Å². The quantitative estimate of drug-likeness (QED) is 0.513. The van der Waals surface area contributed by atoms with Crippen molar-refractivity contribution in [1.82, 2.24) is 9.97 Å². The standard InChI is InChI=1S/C10H3N5.Li.H/c11-3-6-1-2-7(4-12)10-9(6)14-8(5-13)15-10;;/h1-2H,(H,14,15);;/q;+1;-1. The molecule has 0 saturated carbocycles. The maximum absolute atomic E-state index is 8.82. The van der Waals surface area contributed by atoms with Gasteiger partial charge in [0, 0.05) is 0 Å². The zero-order chi connectivity index (χ0) is 10.8. The number of benzene rings is 1. The van der Waals surface area contributed by atoms with Gasteiger partial charge in [-0.15, -0.1) is 0 Å². The van der Waals surface area contributed by atoms with Gasteiger partial charge in [0.1, 0.15) is 23.7 Å². The molecule has 5 nitrogen and oxygen atoms in total. The monoisotopic (exact) mass is 201 g/mol. The van der Waals surface area contributed by atoms with E-state index < -0.39 is 0 Å². The van der Waals surface area contributed by atoms with Crippen LogP contribution in [0.25, 0.3) is 11.0 Å². The van der Waals surface area contributed by atoms with Crippen LogP contribution in [0.1, 0.15) is 18.4 Å². The molecule has 1 heterocycles. The summed E-state index contributed by atoms with van der Waals surface area (Å²) >= 11 is 0. The molecule has 0 unspecified atom stereocenters. The molecule has 1 aromatic carbocycles. The Bertz CT molecular complexity index is 620. The second kappa shape index (κ2) is 4.52. The molecule has 0 aliphatic rings. The summed E-state index contributed by atoms with van der Waals surface area (Å²) in [6.07, 6.45) is 0. The molecule has 0 spiro atoms. The molecule has 70 valence electrons. The second-order valence-electron chi connectivity index (χ2n) is 2.81. The van der Waals surface area contributed by atoms with Crippen LogP contribution in [-0.4, -0.2) is 9.97 Å². The van der Waals surface area contributed by atoms with E-state index in [0.717, 1.165) is 0 Å². The van der Waals surface area contributed by atoms with E-state index in [1.807, 2.05) is 18.2 Å². The van der Waals surface area contributed by atoms with Gasteiger partial charge in [0.2, 0.25) is 5.82 Å². The minimum Gasteiger partial charge on any atom is -1.00 e. The van der Waals surface area contributed by atoms with E-state index in [4.69, 9.17) is 15.8 Å². The van der Waals surface area contributed by atoms with Gasteiger partial charge in [0.25, 0.3) is 0 Å². The predicted octanol–water partition coefficient (Wildman–Crippen LogP) is -1.71. The third-order valence-electron chi connectivity index (χ3n) is 1.99. The molecule has 1 aromatic heterocycles. The first-order valence-electron chi connectivity index (χ1n) is 4.03. The van der Waals surface area contributed by atoms with Crippen molar-refractivity contribution >= 4 is 11.0 Å². The van der Waals surface area contributed by atoms with Gasteiger partial charge in [-0.3, -0.25) is 0 Å². The smallest absolute Gasteiger partial charge is 1.00 e. The number of nitrogens with zero attached hydrogens (tertiary/aromatic N) is 4. The fourth-order valence-corrected chi connectivity index (χ4v) is 1.33. The number of aromatic nitrogens is 2. The van der Waals surface area contributed by atoms with Crippen LogP contribution in [0.3, 0.4) is 0 Å². The number of rotatable bonds is 0. The van der Waals surface area contributed by atoms with Crippen LogP contribution in [0, 0.1) is 34.0 Å². The van der Waals surface area contributed by atoms with Gasteiger partial charge >= 0.3 is 18.9 Å². The van der Waals surface area contributed by atoms with Gasteiger partial charge in [-0.05, 0) is 12.1 Å².